The van der Waals surface area contributed by atoms with Gasteiger partial charge in [-0.2, -0.15) is 0 Å². The number of benzene rings is 1. The van der Waals surface area contributed by atoms with E-state index in [-0.39, 0.29) is 25.0 Å². The minimum atomic E-state index is -0.679. The summed E-state index contributed by atoms with van der Waals surface area (Å²) >= 11 is 0. The Morgan fingerprint density at radius 3 is 2.62 bits per heavy atom. The number of likely N-dealkylation sites (N-methyl/N-ethyl adjacent to an activating group) is 1. The molecule has 1 aliphatic rings. The molecule has 0 radical (unpaired) electrons. The van der Waals surface area contributed by atoms with E-state index in [4.69, 9.17) is 14.2 Å². The number of hydrogen-bond donors (Lipinski definition) is 0. The van der Waals surface area contributed by atoms with Crippen molar-refractivity contribution in [2.75, 3.05) is 32.8 Å². The van der Waals surface area contributed by atoms with Crippen molar-refractivity contribution in [2.24, 2.45) is 0 Å². The van der Waals surface area contributed by atoms with E-state index in [1.807, 2.05) is 18.2 Å². The molecule has 0 bridgehead atoms. The molecule has 1 aromatic carbocycles. The summed E-state index contributed by atoms with van der Waals surface area (Å²) < 4.78 is 16.3. The number of rotatable bonds is 6. The molecule has 0 fully saturated rings. The summed E-state index contributed by atoms with van der Waals surface area (Å²) in [6.45, 7) is 7.38. The number of ether oxygens (including phenoxy) is 3. The van der Waals surface area contributed by atoms with E-state index in [0.29, 0.717) is 18.1 Å². The highest BCUT2D eigenvalue weighted by atomic mass is 35.5. The number of carbonyl (C=O) groups excluding carboxylic acids is 1. The zero-order chi connectivity index (χ0) is 14.4. The van der Waals surface area contributed by atoms with Gasteiger partial charge in [-0.15, -0.1) is 12.4 Å². The minimum Gasteiger partial charge on any atom is -0.485 e. The van der Waals surface area contributed by atoms with Crippen LogP contribution in [0.2, 0.25) is 0 Å². The van der Waals surface area contributed by atoms with Gasteiger partial charge in [0.15, 0.2) is 11.5 Å². The number of carbonyl (C=O) groups is 1. The maximum Gasteiger partial charge on any atom is 0.351 e. The number of hydrogen-bond acceptors (Lipinski definition) is 5. The van der Waals surface area contributed by atoms with Crippen LogP contribution in [0.3, 0.4) is 0 Å². The van der Waals surface area contributed by atoms with Crippen molar-refractivity contribution in [2.45, 2.75) is 20.0 Å². The molecular weight excluding hydrogens is 294 g/mol. The van der Waals surface area contributed by atoms with Crippen LogP contribution >= 0.6 is 12.4 Å². The van der Waals surface area contributed by atoms with Crippen LogP contribution in [0.25, 0.3) is 0 Å². The Hall–Kier alpha value is -1.46. The quantitative estimate of drug-likeness (QED) is 0.753. The van der Waals surface area contributed by atoms with Gasteiger partial charge in [0.25, 0.3) is 0 Å². The first kappa shape index (κ1) is 17.6. The largest absolute Gasteiger partial charge is 0.485 e. The Kier molecular flexibility index (Phi) is 7.32. The van der Waals surface area contributed by atoms with Crippen molar-refractivity contribution < 1.29 is 19.0 Å². The predicted molar refractivity (Wildman–Crippen MR) is 82.3 cm³/mol. The molecule has 0 spiro atoms. The number of esters is 1. The van der Waals surface area contributed by atoms with Crippen molar-refractivity contribution in [1.82, 2.24) is 4.90 Å². The highest BCUT2D eigenvalue weighted by Crippen LogP contribution is 2.31. The molecule has 0 saturated carbocycles. The Morgan fingerprint density at radius 2 is 1.95 bits per heavy atom. The van der Waals surface area contributed by atoms with Crippen LogP contribution in [-0.2, 0) is 9.53 Å². The van der Waals surface area contributed by atoms with Gasteiger partial charge >= 0.3 is 5.97 Å². The van der Waals surface area contributed by atoms with Crippen molar-refractivity contribution in [3.05, 3.63) is 24.3 Å². The standard InChI is InChI=1S/C15H21NO4.ClH/c1-3-16(4-2)9-10-18-15(17)14-11-19-12-7-5-6-8-13(12)20-14;/h5-8,14H,3-4,9-11H2,1-2H3;1H. The molecule has 1 aromatic rings. The minimum absolute atomic E-state index is 0. The van der Waals surface area contributed by atoms with Crippen LogP contribution in [-0.4, -0.2) is 49.8 Å². The molecule has 118 valence electrons. The molecule has 6 heteroatoms. The summed E-state index contributed by atoms with van der Waals surface area (Å²) in [5, 5.41) is 0. The molecule has 2 rings (SSSR count). The summed E-state index contributed by atoms with van der Waals surface area (Å²) in [5.41, 5.74) is 0. The Bertz CT molecular complexity index is 451. The van der Waals surface area contributed by atoms with E-state index in [1.54, 1.807) is 6.07 Å². The average molecular weight is 316 g/mol. The highest BCUT2D eigenvalue weighted by Gasteiger charge is 2.28. The van der Waals surface area contributed by atoms with Crippen molar-refractivity contribution in [1.29, 1.82) is 0 Å². The average Bonchev–Trinajstić information content (AvgIpc) is 2.51. The lowest BCUT2D eigenvalue weighted by Crippen LogP contribution is -2.39. The van der Waals surface area contributed by atoms with Crippen molar-refractivity contribution in [3.63, 3.8) is 0 Å². The first-order chi connectivity index (χ1) is 9.74. The van der Waals surface area contributed by atoms with Crippen LogP contribution in [0.1, 0.15) is 13.8 Å². The Morgan fingerprint density at radius 1 is 1.29 bits per heavy atom. The van der Waals surface area contributed by atoms with Gasteiger partial charge in [0.1, 0.15) is 13.2 Å². The third-order valence-electron chi connectivity index (χ3n) is 3.32. The summed E-state index contributed by atoms with van der Waals surface area (Å²) in [5.74, 6) is 0.885. The van der Waals surface area contributed by atoms with Gasteiger partial charge in [0.05, 0.1) is 0 Å². The highest BCUT2D eigenvalue weighted by molar-refractivity contribution is 5.85. The second kappa shape index (κ2) is 8.74. The third kappa shape index (κ3) is 4.79. The summed E-state index contributed by atoms with van der Waals surface area (Å²) in [6.07, 6.45) is -0.679. The molecule has 5 nitrogen and oxygen atoms in total. The smallest absolute Gasteiger partial charge is 0.351 e. The maximum atomic E-state index is 11.9. The second-order valence-corrected chi connectivity index (χ2v) is 4.56. The Balaban J connectivity index is 0.00000220. The molecule has 0 aromatic heterocycles. The van der Waals surface area contributed by atoms with E-state index in [9.17, 15) is 4.79 Å². The number of para-hydroxylation sites is 2. The zero-order valence-electron chi connectivity index (χ0n) is 12.4. The monoisotopic (exact) mass is 315 g/mol. The van der Waals surface area contributed by atoms with E-state index < -0.39 is 6.10 Å². The van der Waals surface area contributed by atoms with Gasteiger partial charge in [0.2, 0.25) is 6.10 Å². The zero-order valence-corrected chi connectivity index (χ0v) is 13.2. The fourth-order valence-corrected chi connectivity index (χ4v) is 2.04. The SMILES string of the molecule is CCN(CC)CCOC(=O)C1COc2ccccc2O1.Cl. The first-order valence-electron chi connectivity index (χ1n) is 7.02. The van der Waals surface area contributed by atoms with Gasteiger partial charge in [-0.3, -0.25) is 0 Å². The molecular formula is C15H22ClNO4. The van der Waals surface area contributed by atoms with Crippen LogP contribution in [0.4, 0.5) is 0 Å². The van der Waals surface area contributed by atoms with Gasteiger partial charge in [0, 0.05) is 6.54 Å². The van der Waals surface area contributed by atoms with Crippen LogP contribution in [0.5, 0.6) is 11.5 Å². The lowest BCUT2D eigenvalue weighted by atomic mass is 10.2. The van der Waals surface area contributed by atoms with E-state index in [0.717, 1.165) is 19.6 Å². The molecule has 1 aliphatic heterocycles. The molecule has 0 N–H and O–H groups in total. The number of fused-ring (bicyclic) bond motifs is 1. The van der Waals surface area contributed by atoms with Crippen molar-refractivity contribution >= 4 is 18.4 Å². The molecule has 0 saturated heterocycles. The lowest BCUT2D eigenvalue weighted by Gasteiger charge is -2.25. The van der Waals surface area contributed by atoms with Crippen LogP contribution in [0.15, 0.2) is 24.3 Å². The van der Waals surface area contributed by atoms with E-state index in [2.05, 4.69) is 18.7 Å². The number of nitrogens with zero attached hydrogens (tertiary/aromatic N) is 1. The molecule has 0 amide bonds. The first-order valence-corrected chi connectivity index (χ1v) is 7.02. The summed E-state index contributed by atoms with van der Waals surface area (Å²) in [6, 6.07) is 7.31. The topological polar surface area (TPSA) is 48.0 Å². The van der Waals surface area contributed by atoms with Crippen LogP contribution < -0.4 is 9.47 Å². The second-order valence-electron chi connectivity index (χ2n) is 4.56. The van der Waals surface area contributed by atoms with E-state index in [1.165, 1.54) is 0 Å². The van der Waals surface area contributed by atoms with Gasteiger partial charge < -0.3 is 19.1 Å². The molecule has 1 heterocycles. The van der Waals surface area contributed by atoms with Gasteiger partial charge in [-0.25, -0.2) is 4.79 Å². The van der Waals surface area contributed by atoms with Gasteiger partial charge in [-0.1, -0.05) is 26.0 Å². The van der Waals surface area contributed by atoms with E-state index >= 15 is 0 Å². The molecule has 1 unspecified atom stereocenters. The predicted octanol–water partition coefficient (Wildman–Crippen LogP) is 2.13. The van der Waals surface area contributed by atoms with Crippen LogP contribution in [0, 0.1) is 0 Å². The summed E-state index contributed by atoms with van der Waals surface area (Å²) in [7, 11) is 0. The number of halogens is 1. The maximum absolute atomic E-state index is 11.9. The van der Waals surface area contributed by atoms with Gasteiger partial charge in [-0.05, 0) is 25.2 Å². The van der Waals surface area contributed by atoms with Crippen molar-refractivity contribution in [3.8, 4) is 11.5 Å². The fraction of sp³-hybridized carbons (Fsp3) is 0.533. The fourth-order valence-electron chi connectivity index (χ4n) is 2.04. The normalized spacial score (nSPS) is 16.2. The Labute approximate surface area is 131 Å². The molecule has 0 aliphatic carbocycles. The molecule has 1 atom stereocenters. The summed E-state index contributed by atoms with van der Waals surface area (Å²) in [4.78, 5) is 14.1. The lowest BCUT2D eigenvalue weighted by molar-refractivity contribution is -0.154. The third-order valence-corrected chi connectivity index (χ3v) is 3.32. The molecule has 21 heavy (non-hydrogen) atoms.